The minimum Gasteiger partial charge on any atom is -0.338 e. The van der Waals surface area contributed by atoms with Crippen LogP contribution in [0, 0.1) is 6.92 Å². The van der Waals surface area contributed by atoms with E-state index in [1.807, 2.05) is 60.2 Å². The van der Waals surface area contributed by atoms with E-state index in [0.29, 0.717) is 24.5 Å². The Hall–Kier alpha value is -3.46. The summed E-state index contributed by atoms with van der Waals surface area (Å²) in [4.78, 5) is 6.29. The molecule has 0 aliphatic heterocycles. The molecule has 0 saturated heterocycles. The summed E-state index contributed by atoms with van der Waals surface area (Å²) in [6.45, 7) is 3.04. The molecule has 0 fully saturated rings. The van der Waals surface area contributed by atoms with Crippen molar-refractivity contribution in [1.82, 2.24) is 24.8 Å². The predicted octanol–water partition coefficient (Wildman–Crippen LogP) is 4.88. The van der Waals surface area contributed by atoms with E-state index < -0.39 is 11.7 Å². The summed E-state index contributed by atoms with van der Waals surface area (Å²) in [7, 11) is 1.91. The van der Waals surface area contributed by atoms with Gasteiger partial charge >= 0.3 is 6.18 Å². The van der Waals surface area contributed by atoms with Gasteiger partial charge in [-0.15, -0.1) is 0 Å². The van der Waals surface area contributed by atoms with Gasteiger partial charge in [0.25, 0.3) is 0 Å². The first-order valence-electron chi connectivity index (χ1n) is 9.58. The molecule has 0 N–H and O–H groups in total. The molecule has 0 radical (unpaired) electrons. The maximum atomic E-state index is 12.7. The summed E-state index contributed by atoms with van der Waals surface area (Å²) < 4.78 is 45.2. The zero-order valence-corrected chi connectivity index (χ0v) is 17.0. The normalized spacial score (nSPS) is 11.9. The summed E-state index contributed by atoms with van der Waals surface area (Å²) in [6, 6.07) is 12.7. The van der Waals surface area contributed by atoms with Crippen molar-refractivity contribution in [2.75, 3.05) is 7.05 Å². The molecule has 2 aromatic carbocycles. The highest BCUT2D eigenvalue weighted by Crippen LogP contribution is 2.30. The van der Waals surface area contributed by atoms with Crippen LogP contribution < -0.4 is 0 Å². The largest absolute Gasteiger partial charge is 0.416 e. The van der Waals surface area contributed by atoms with Crippen molar-refractivity contribution in [3.63, 3.8) is 0 Å². The maximum absolute atomic E-state index is 12.7. The minimum atomic E-state index is -4.38. The zero-order valence-electron chi connectivity index (χ0n) is 17.0. The van der Waals surface area contributed by atoms with Crippen molar-refractivity contribution in [3.05, 3.63) is 83.5 Å². The van der Waals surface area contributed by atoms with E-state index in [2.05, 4.69) is 15.2 Å². The standard InChI is InChI=1S/C22H20F3N5O/c1-15-5-3-4-6-19(15)30-13-16(11-26-30)12-29(2)14-20-27-21(28-31-20)17-7-9-18(10-8-17)22(23,24)25/h3-11,13H,12,14H2,1-2H3. The molecular formula is C22H20F3N5O. The van der Waals surface area contributed by atoms with Crippen LogP contribution in [0.1, 0.15) is 22.6 Å². The lowest BCUT2D eigenvalue weighted by atomic mass is 10.1. The number of aromatic nitrogens is 4. The van der Waals surface area contributed by atoms with E-state index in [9.17, 15) is 13.2 Å². The first kappa shape index (κ1) is 20.8. The summed E-state index contributed by atoms with van der Waals surface area (Å²) in [5.74, 6) is 0.633. The van der Waals surface area contributed by atoms with Gasteiger partial charge in [-0.2, -0.15) is 23.3 Å². The summed E-state index contributed by atoms with van der Waals surface area (Å²) in [5.41, 5.74) is 2.92. The van der Waals surface area contributed by atoms with E-state index in [0.717, 1.165) is 28.9 Å². The van der Waals surface area contributed by atoms with Crippen LogP contribution in [-0.2, 0) is 19.3 Å². The number of aryl methyl sites for hydroxylation is 1. The highest BCUT2D eigenvalue weighted by Gasteiger charge is 2.30. The van der Waals surface area contributed by atoms with Crippen molar-refractivity contribution in [2.45, 2.75) is 26.2 Å². The van der Waals surface area contributed by atoms with Crippen molar-refractivity contribution in [3.8, 4) is 17.1 Å². The molecule has 160 valence electrons. The number of nitrogens with zero attached hydrogens (tertiary/aromatic N) is 5. The number of hydrogen-bond donors (Lipinski definition) is 0. The Kier molecular flexibility index (Phi) is 5.60. The van der Waals surface area contributed by atoms with Crippen LogP contribution in [0.15, 0.2) is 65.4 Å². The average molecular weight is 427 g/mol. The molecule has 0 aliphatic rings. The number of rotatable bonds is 6. The van der Waals surface area contributed by atoms with E-state index in [4.69, 9.17) is 4.52 Å². The molecule has 0 saturated carbocycles. The fourth-order valence-electron chi connectivity index (χ4n) is 3.24. The van der Waals surface area contributed by atoms with Gasteiger partial charge in [0, 0.05) is 23.9 Å². The highest BCUT2D eigenvalue weighted by atomic mass is 19.4. The van der Waals surface area contributed by atoms with Crippen molar-refractivity contribution >= 4 is 0 Å². The fraction of sp³-hybridized carbons (Fsp3) is 0.227. The van der Waals surface area contributed by atoms with Gasteiger partial charge in [0.2, 0.25) is 11.7 Å². The van der Waals surface area contributed by atoms with Gasteiger partial charge in [-0.3, -0.25) is 4.90 Å². The molecule has 4 aromatic rings. The first-order chi connectivity index (χ1) is 14.8. The second kappa shape index (κ2) is 8.35. The molecule has 0 atom stereocenters. The number of benzene rings is 2. The Bertz CT molecular complexity index is 1160. The lowest BCUT2D eigenvalue weighted by Crippen LogP contribution is -2.17. The molecule has 0 spiro atoms. The topological polar surface area (TPSA) is 60.0 Å². The van der Waals surface area contributed by atoms with Crippen LogP contribution >= 0.6 is 0 Å². The molecule has 6 nitrogen and oxygen atoms in total. The molecule has 4 rings (SSSR count). The summed E-state index contributed by atoms with van der Waals surface area (Å²) in [6.07, 6.45) is -0.596. The van der Waals surface area contributed by atoms with Gasteiger partial charge in [0.15, 0.2) is 0 Å². The van der Waals surface area contributed by atoms with Gasteiger partial charge in [0.1, 0.15) is 0 Å². The smallest absolute Gasteiger partial charge is 0.338 e. The molecule has 0 bridgehead atoms. The third-order valence-corrected chi connectivity index (χ3v) is 4.79. The van der Waals surface area contributed by atoms with Crippen LogP contribution in [0.3, 0.4) is 0 Å². The zero-order chi connectivity index (χ0) is 22.0. The van der Waals surface area contributed by atoms with Gasteiger partial charge in [-0.25, -0.2) is 4.68 Å². The second-order valence-electron chi connectivity index (χ2n) is 7.34. The molecule has 9 heteroatoms. The lowest BCUT2D eigenvalue weighted by Gasteiger charge is -2.12. The van der Waals surface area contributed by atoms with E-state index in [1.54, 1.807) is 0 Å². The van der Waals surface area contributed by atoms with E-state index in [1.165, 1.54) is 12.1 Å². The van der Waals surface area contributed by atoms with E-state index in [-0.39, 0.29) is 5.82 Å². The van der Waals surface area contributed by atoms with Crippen molar-refractivity contribution in [1.29, 1.82) is 0 Å². The SMILES string of the molecule is Cc1ccccc1-n1cc(CN(C)Cc2nc(-c3ccc(C(F)(F)F)cc3)no2)cn1. The minimum absolute atomic E-state index is 0.254. The number of hydrogen-bond acceptors (Lipinski definition) is 5. The van der Waals surface area contributed by atoms with Crippen LogP contribution in [0.25, 0.3) is 17.1 Å². The Morgan fingerprint density at radius 2 is 1.77 bits per heavy atom. The first-order valence-corrected chi connectivity index (χ1v) is 9.58. The quantitative estimate of drug-likeness (QED) is 0.439. The molecule has 2 aromatic heterocycles. The molecule has 2 heterocycles. The van der Waals surface area contributed by atoms with Gasteiger partial charge in [0.05, 0.1) is 24.0 Å². The Morgan fingerprint density at radius 1 is 1.03 bits per heavy atom. The summed E-state index contributed by atoms with van der Waals surface area (Å²) in [5, 5.41) is 8.32. The van der Waals surface area contributed by atoms with Crippen molar-refractivity contribution < 1.29 is 17.7 Å². The third-order valence-electron chi connectivity index (χ3n) is 4.79. The van der Waals surface area contributed by atoms with Gasteiger partial charge < -0.3 is 4.52 Å². The molecule has 0 unspecified atom stereocenters. The Balaban J connectivity index is 1.39. The average Bonchev–Trinajstić information content (AvgIpc) is 3.37. The number of halogens is 3. The van der Waals surface area contributed by atoms with Gasteiger partial charge in [-0.05, 0) is 37.7 Å². The molecule has 0 aliphatic carbocycles. The van der Waals surface area contributed by atoms with Crippen LogP contribution in [0.2, 0.25) is 0 Å². The fourth-order valence-corrected chi connectivity index (χ4v) is 3.24. The van der Waals surface area contributed by atoms with Gasteiger partial charge in [-0.1, -0.05) is 35.5 Å². The summed E-state index contributed by atoms with van der Waals surface area (Å²) >= 11 is 0. The number of para-hydroxylation sites is 1. The number of alkyl halides is 3. The second-order valence-corrected chi connectivity index (χ2v) is 7.34. The highest BCUT2D eigenvalue weighted by molar-refractivity contribution is 5.54. The molecule has 31 heavy (non-hydrogen) atoms. The van der Waals surface area contributed by atoms with Crippen molar-refractivity contribution in [2.24, 2.45) is 0 Å². The molecular weight excluding hydrogens is 407 g/mol. The maximum Gasteiger partial charge on any atom is 0.416 e. The van der Waals surface area contributed by atoms with Crippen LogP contribution in [0.5, 0.6) is 0 Å². The third kappa shape index (κ3) is 4.83. The van der Waals surface area contributed by atoms with Crippen LogP contribution in [-0.4, -0.2) is 31.9 Å². The lowest BCUT2D eigenvalue weighted by molar-refractivity contribution is -0.137. The monoisotopic (exact) mass is 427 g/mol. The Labute approximate surface area is 176 Å². The van der Waals surface area contributed by atoms with Crippen LogP contribution in [0.4, 0.5) is 13.2 Å². The Morgan fingerprint density at radius 3 is 2.48 bits per heavy atom. The molecule has 0 amide bonds. The van der Waals surface area contributed by atoms with E-state index >= 15 is 0 Å². The predicted molar refractivity (Wildman–Crippen MR) is 108 cm³/mol.